The molecule has 1 unspecified atom stereocenters. The maximum Gasteiger partial charge on any atom is 0.342 e. The van der Waals surface area contributed by atoms with E-state index in [2.05, 4.69) is 15.4 Å². The number of aromatic nitrogens is 1. The Labute approximate surface area is 177 Å². The van der Waals surface area contributed by atoms with E-state index < -0.39 is 6.10 Å². The van der Waals surface area contributed by atoms with E-state index in [-0.39, 0.29) is 6.03 Å². The van der Waals surface area contributed by atoms with Gasteiger partial charge in [-0.1, -0.05) is 47.5 Å². The minimum atomic E-state index is -0.707. The second kappa shape index (κ2) is 8.29. The van der Waals surface area contributed by atoms with Crippen LogP contribution in [0.25, 0.3) is 0 Å². The van der Waals surface area contributed by atoms with Gasteiger partial charge < -0.3 is 15.4 Å². The summed E-state index contributed by atoms with van der Waals surface area (Å²) in [6, 6.07) is 14.3. The lowest BCUT2D eigenvalue weighted by molar-refractivity contribution is 0.216. The zero-order chi connectivity index (χ0) is 20.4. The summed E-state index contributed by atoms with van der Waals surface area (Å²) in [5.74, 6) is 0. The van der Waals surface area contributed by atoms with Gasteiger partial charge in [0.2, 0.25) is 0 Å². The third kappa shape index (κ3) is 4.15. The summed E-state index contributed by atoms with van der Waals surface area (Å²) in [5.41, 5.74) is 3.79. The first-order valence-corrected chi connectivity index (χ1v) is 9.77. The number of benzene rings is 2. The molecule has 0 bridgehead atoms. The van der Waals surface area contributed by atoms with Crippen LogP contribution in [0.5, 0.6) is 0 Å². The number of aliphatic hydroxyl groups is 1. The van der Waals surface area contributed by atoms with Crippen molar-refractivity contribution in [3.05, 3.63) is 87.2 Å². The highest BCUT2D eigenvalue weighted by molar-refractivity contribution is 6.36. The van der Waals surface area contributed by atoms with E-state index in [4.69, 9.17) is 23.2 Å². The van der Waals surface area contributed by atoms with Gasteiger partial charge in [-0.25, -0.2) is 4.79 Å². The fourth-order valence-corrected chi connectivity index (χ4v) is 3.77. The molecule has 0 aliphatic carbocycles. The number of nitrogens with one attached hydrogen (secondary N) is 2. The summed E-state index contributed by atoms with van der Waals surface area (Å²) in [7, 11) is 0. The summed E-state index contributed by atoms with van der Waals surface area (Å²) in [4.78, 5) is 15.0. The molecule has 1 aliphatic rings. The number of urea groups is 1. The predicted molar refractivity (Wildman–Crippen MR) is 115 cm³/mol. The van der Waals surface area contributed by atoms with Crippen molar-refractivity contribution in [2.24, 2.45) is 5.10 Å². The number of carbonyl (C=O) groups excluding carboxylic acids is 1. The number of hydrazone groups is 1. The number of aliphatic hydroxyl groups excluding tert-OH is 1. The van der Waals surface area contributed by atoms with Gasteiger partial charge >= 0.3 is 6.03 Å². The largest absolute Gasteiger partial charge is 0.382 e. The van der Waals surface area contributed by atoms with Crippen molar-refractivity contribution in [3.63, 3.8) is 0 Å². The van der Waals surface area contributed by atoms with Gasteiger partial charge in [-0.2, -0.15) is 10.1 Å². The van der Waals surface area contributed by atoms with Crippen molar-refractivity contribution in [2.75, 3.05) is 11.6 Å². The van der Waals surface area contributed by atoms with E-state index in [1.165, 1.54) is 5.01 Å². The highest BCUT2D eigenvalue weighted by Crippen LogP contribution is 2.33. The van der Waals surface area contributed by atoms with Crippen LogP contribution in [0, 0.1) is 0 Å². The maximum absolute atomic E-state index is 12.0. The highest BCUT2D eigenvalue weighted by atomic mass is 35.5. The molecule has 8 heteroatoms. The van der Waals surface area contributed by atoms with Crippen molar-refractivity contribution >= 4 is 41.1 Å². The van der Waals surface area contributed by atoms with Crippen molar-refractivity contribution in [1.82, 2.24) is 10.3 Å². The van der Waals surface area contributed by atoms with Gasteiger partial charge in [0.25, 0.3) is 0 Å². The molecule has 2 amide bonds. The van der Waals surface area contributed by atoms with E-state index in [0.717, 1.165) is 22.4 Å². The maximum atomic E-state index is 12.0. The van der Waals surface area contributed by atoms with Gasteiger partial charge in [0.15, 0.2) is 0 Å². The average molecular weight is 429 g/mol. The second-order valence-corrected chi connectivity index (χ2v) is 7.44. The number of anilines is 1. The van der Waals surface area contributed by atoms with E-state index in [0.29, 0.717) is 28.7 Å². The predicted octanol–water partition coefficient (Wildman–Crippen LogP) is 4.51. The number of rotatable bonds is 5. The van der Waals surface area contributed by atoms with Crippen molar-refractivity contribution in [3.8, 4) is 0 Å². The molecule has 29 heavy (non-hydrogen) atoms. The Morgan fingerprint density at radius 3 is 2.48 bits per heavy atom. The first kappa shape index (κ1) is 19.5. The first-order chi connectivity index (χ1) is 14.0. The van der Waals surface area contributed by atoms with Crippen molar-refractivity contribution in [1.29, 1.82) is 0 Å². The molecule has 0 fully saturated rings. The molecule has 0 radical (unpaired) electrons. The van der Waals surface area contributed by atoms with E-state index in [1.807, 2.05) is 36.4 Å². The molecular weight excluding hydrogens is 411 g/mol. The Bertz CT molecular complexity index is 1030. The smallest absolute Gasteiger partial charge is 0.342 e. The first-order valence-electron chi connectivity index (χ1n) is 9.01. The number of amides is 2. The van der Waals surface area contributed by atoms with Crippen LogP contribution in [0.4, 0.5) is 10.5 Å². The monoisotopic (exact) mass is 428 g/mol. The SMILES string of the molecule is O=C1NCC=NN1c1cc(Cl)c(Cc2ccc(C(O)c3ccc[nH]3)cc2)c(Cl)c1. The number of halogens is 2. The van der Waals surface area contributed by atoms with Crippen LogP contribution in [0.3, 0.4) is 0 Å². The van der Waals surface area contributed by atoms with Gasteiger partial charge in [0.05, 0.1) is 12.2 Å². The van der Waals surface area contributed by atoms with Crippen LogP contribution in [-0.4, -0.2) is 28.9 Å². The molecule has 6 nitrogen and oxygen atoms in total. The third-order valence-electron chi connectivity index (χ3n) is 4.70. The summed E-state index contributed by atoms with van der Waals surface area (Å²) >= 11 is 12.9. The molecule has 0 saturated heterocycles. The van der Waals surface area contributed by atoms with Crippen molar-refractivity contribution in [2.45, 2.75) is 12.5 Å². The Hall–Kier alpha value is -2.80. The lowest BCUT2D eigenvalue weighted by Crippen LogP contribution is -2.41. The van der Waals surface area contributed by atoms with Crippen LogP contribution >= 0.6 is 23.2 Å². The molecule has 2 heterocycles. The summed E-state index contributed by atoms with van der Waals surface area (Å²) in [5, 5.41) is 19.3. The quantitative estimate of drug-likeness (QED) is 0.558. The Balaban J connectivity index is 1.54. The molecule has 1 aliphatic heterocycles. The normalized spacial score (nSPS) is 14.7. The number of H-pyrrole nitrogens is 1. The molecule has 4 rings (SSSR count). The van der Waals surface area contributed by atoms with E-state index >= 15 is 0 Å². The molecule has 3 N–H and O–H groups in total. The molecule has 1 atom stereocenters. The lowest BCUT2D eigenvalue weighted by atomic mass is 10.0. The topological polar surface area (TPSA) is 80.7 Å². The van der Waals surface area contributed by atoms with E-state index in [1.54, 1.807) is 24.5 Å². The zero-order valence-electron chi connectivity index (χ0n) is 15.3. The fourth-order valence-electron chi connectivity index (χ4n) is 3.16. The molecule has 0 spiro atoms. The zero-order valence-corrected chi connectivity index (χ0v) is 16.8. The van der Waals surface area contributed by atoms with Crippen molar-refractivity contribution < 1.29 is 9.90 Å². The molecular formula is C21H18Cl2N4O2. The Morgan fingerprint density at radius 1 is 1.14 bits per heavy atom. The highest BCUT2D eigenvalue weighted by Gasteiger charge is 2.20. The Morgan fingerprint density at radius 2 is 1.86 bits per heavy atom. The van der Waals surface area contributed by atoms with Gasteiger partial charge in [-0.15, -0.1) is 0 Å². The standard InChI is InChI=1S/C21H18Cl2N4O2/c22-17-11-15(27-21(29)25-8-9-26-27)12-18(23)16(17)10-13-3-5-14(6-4-13)20(28)19-2-1-7-24-19/h1-7,9,11-12,20,24,28H,8,10H2,(H,25,29). The number of hydrogen-bond acceptors (Lipinski definition) is 3. The lowest BCUT2D eigenvalue weighted by Gasteiger charge is -2.22. The molecule has 2 aromatic carbocycles. The van der Waals surface area contributed by atoms with Gasteiger partial charge in [0, 0.05) is 34.6 Å². The molecule has 148 valence electrons. The summed E-state index contributed by atoms with van der Waals surface area (Å²) < 4.78 is 0. The summed E-state index contributed by atoms with van der Waals surface area (Å²) in [6.07, 6.45) is 3.19. The second-order valence-electron chi connectivity index (χ2n) is 6.63. The average Bonchev–Trinajstić information content (AvgIpc) is 3.26. The minimum absolute atomic E-state index is 0.330. The van der Waals surface area contributed by atoms with Gasteiger partial charge in [-0.05, 0) is 41.0 Å². The number of carbonyl (C=O) groups is 1. The van der Waals surface area contributed by atoms with Crippen LogP contribution in [0.15, 0.2) is 59.8 Å². The molecule has 1 aromatic heterocycles. The molecule has 0 saturated carbocycles. The number of hydrogen-bond donors (Lipinski definition) is 3. The van der Waals surface area contributed by atoms with Crippen LogP contribution in [0.2, 0.25) is 10.0 Å². The minimum Gasteiger partial charge on any atom is -0.382 e. The van der Waals surface area contributed by atoms with Crippen LogP contribution < -0.4 is 10.3 Å². The van der Waals surface area contributed by atoms with Crippen LogP contribution in [0.1, 0.15) is 28.5 Å². The third-order valence-corrected chi connectivity index (χ3v) is 5.37. The fraction of sp³-hybridized carbons (Fsp3) is 0.143. The molecule has 3 aromatic rings. The summed E-state index contributed by atoms with van der Waals surface area (Å²) in [6.45, 7) is 0.392. The number of nitrogens with zero attached hydrogens (tertiary/aromatic N) is 2. The van der Waals surface area contributed by atoms with Gasteiger partial charge in [-0.3, -0.25) is 0 Å². The van der Waals surface area contributed by atoms with E-state index in [9.17, 15) is 9.90 Å². The Kier molecular flexibility index (Phi) is 5.58. The van der Waals surface area contributed by atoms with Crippen LogP contribution in [-0.2, 0) is 6.42 Å². The van der Waals surface area contributed by atoms with Gasteiger partial charge in [0.1, 0.15) is 6.10 Å². The number of aromatic amines is 1.